The molecule has 1 aromatic rings. The van der Waals surface area contributed by atoms with Gasteiger partial charge >= 0.3 is 6.03 Å². The van der Waals surface area contributed by atoms with Gasteiger partial charge < -0.3 is 10.4 Å². The van der Waals surface area contributed by atoms with E-state index in [0.717, 1.165) is 4.90 Å². The van der Waals surface area contributed by atoms with Crippen molar-refractivity contribution in [2.75, 3.05) is 6.54 Å². The summed E-state index contributed by atoms with van der Waals surface area (Å²) in [5.74, 6) is -0.430. The van der Waals surface area contributed by atoms with Gasteiger partial charge in [-0.1, -0.05) is 18.5 Å². The summed E-state index contributed by atoms with van der Waals surface area (Å²) in [6.07, 6.45) is 2.22. The largest absolute Gasteiger partial charge is 0.505 e. The first-order valence-electron chi connectivity index (χ1n) is 5.96. The summed E-state index contributed by atoms with van der Waals surface area (Å²) in [4.78, 5) is 24.8. The van der Waals surface area contributed by atoms with Crippen LogP contribution in [0.5, 0.6) is 5.75 Å². The Balaban J connectivity index is 2.33. The first-order chi connectivity index (χ1) is 9.43. The molecule has 0 unspecified atom stereocenters. The second-order valence-corrected chi connectivity index (χ2v) is 5.54. The van der Waals surface area contributed by atoms with Gasteiger partial charge in [0.25, 0.3) is 5.91 Å². The number of hydrogen-bond donors (Lipinski definition) is 2. The van der Waals surface area contributed by atoms with Gasteiger partial charge in [-0.15, -0.1) is 0 Å². The molecular formula is C13H12BrClN2O3. The van der Waals surface area contributed by atoms with Gasteiger partial charge in [-0.2, -0.15) is 0 Å². The van der Waals surface area contributed by atoms with Crippen LogP contribution in [0.2, 0.25) is 5.02 Å². The highest BCUT2D eigenvalue weighted by Crippen LogP contribution is 2.33. The topological polar surface area (TPSA) is 69.6 Å². The maximum Gasteiger partial charge on any atom is 0.329 e. The van der Waals surface area contributed by atoms with Gasteiger partial charge in [0.2, 0.25) is 0 Å². The zero-order chi connectivity index (χ0) is 14.9. The highest BCUT2D eigenvalue weighted by Gasteiger charge is 2.32. The van der Waals surface area contributed by atoms with Gasteiger partial charge in [0.1, 0.15) is 11.4 Å². The van der Waals surface area contributed by atoms with Crippen molar-refractivity contribution in [2.45, 2.75) is 13.3 Å². The molecule has 1 aromatic carbocycles. The van der Waals surface area contributed by atoms with Crippen LogP contribution >= 0.6 is 27.5 Å². The lowest BCUT2D eigenvalue weighted by molar-refractivity contribution is -0.122. The van der Waals surface area contributed by atoms with Crippen LogP contribution in [0, 0.1) is 0 Å². The molecule has 1 aliphatic rings. The van der Waals surface area contributed by atoms with Gasteiger partial charge in [0, 0.05) is 6.54 Å². The van der Waals surface area contributed by atoms with Gasteiger partial charge in [0.15, 0.2) is 0 Å². The summed E-state index contributed by atoms with van der Waals surface area (Å²) in [6, 6.07) is 2.69. The third-order valence-electron chi connectivity index (χ3n) is 2.76. The number of carbonyl (C=O) groups excluding carboxylic acids is 2. The molecule has 106 valence electrons. The molecule has 1 heterocycles. The van der Waals surface area contributed by atoms with Crippen molar-refractivity contribution in [1.82, 2.24) is 10.2 Å². The zero-order valence-corrected chi connectivity index (χ0v) is 13.0. The molecule has 0 saturated carbocycles. The van der Waals surface area contributed by atoms with Crippen LogP contribution in [0.15, 0.2) is 22.3 Å². The Morgan fingerprint density at radius 1 is 1.45 bits per heavy atom. The smallest absolute Gasteiger partial charge is 0.329 e. The minimum Gasteiger partial charge on any atom is -0.505 e. The molecule has 1 aliphatic heterocycles. The molecule has 0 aromatic heterocycles. The summed E-state index contributed by atoms with van der Waals surface area (Å²) in [5, 5.41) is 12.2. The van der Waals surface area contributed by atoms with E-state index in [0.29, 0.717) is 23.0 Å². The molecule has 0 bridgehead atoms. The molecule has 2 rings (SSSR count). The number of phenols is 1. The Morgan fingerprint density at radius 2 is 2.15 bits per heavy atom. The fourth-order valence-electron chi connectivity index (χ4n) is 1.83. The van der Waals surface area contributed by atoms with Crippen LogP contribution in [-0.4, -0.2) is 28.5 Å². The molecule has 2 N–H and O–H groups in total. The highest BCUT2D eigenvalue weighted by molar-refractivity contribution is 9.10. The predicted octanol–water partition coefficient (Wildman–Crippen LogP) is 3.11. The summed E-state index contributed by atoms with van der Waals surface area (Å²) >= 11 is 9.02. The molecule has 7 heteroatoms. The van der Waals surface area contributed by atoms with Crippen molar-refractivity contribution in [3.63, 3.8) is 0 Å². The number of rotatable bonds is 3. The van der Waals surface area contributed by atoms with Gasteiger partial charge in [0.05, 0.1) is 9.50 Å². The quantitative estimate of drug-likeness (QED) is 0.643. The average molecular weight is 360 g/mol. The normalized spacial score (nSPS) is 16.9. The van der Waals surface area contributed by atoms with Crippen LogP contribution in [-0.2, 0) is 4.79 Å². The van der Waals surface area contributed by atoms with E-state index in [1.165, 1.54) is 12.1 Å². The predicted molar refractivity (Wildman–Crippen MR) is 79.3 cm³/mol. The minimum atomic E-state index is -0.424. The van der Waals surface area contributed by atoms with Gasteiger partial charge in [-0.05, 0) is 46.1 Å². The number of halogens is 2. The second-order valence-electron chi connectivity index (χ2n) is 4.28. The number of imide groups is 1. The van der Waals surface area contributed by atoms with E-state index >= 15 is 0 Å². The third kappa shape index (κ3) is 2.81. The number of benzene rings is 1. The molecule has 0 atom stereocenters. The second kappa shape index (κ2) is 5.85. The SMILES string of the molecule is CCCN1C(=O)N/C(=C/c2cc(Cl)c(O)c(Br)c2)C1=O. The number of nitrogens with zero attached hydrogens (tertiary/aromatic N) is 1. The number of carbonyl (C=O) groups is 2. The van der Waals surface area contributed by atoms with Crippen molar-refractivity contribution in [3.05, 3.63) is 32.9 Å². The fraction of sp³-hybridized carbons (Fsp3) is 0.231. The number of hydrogen-bond acceptors (Lipinski definition) is 3. The molecule has 0 aliphatic carbocycles. The van der Waals surface area contributed by atoms with Crippen LogP contribution in [0.25, 0.3) is 6.08 Å². The maximum absolute atomic E-state index is 12.0. The Labute approximate surface area is 129 Å². The minimum absolute atomic E-state index is 0.0665. The van der Waals surface area contributed by atoms with Crippen LogP contribution < -0.4 is 5.32 Å². The molecule has 0 radical (unpaired) electrons. The lowest BCUT2D eigenvalue weighted by Crippen LogP contribution is -2.31. The Morgan fingerprint density at radius 3 is 2.75 bits per heavy atom. The highest BCUT2D eigenvalue weighted by atomic mass is 79.9. The monoisotopic (exact) mass is 358 g/mol. The fourth-order valence-corrected chi connectivity index (χ4v) is 2.65. The number of amides is 3. The Bertz CT molecular complexity index is 593. The van der Waals surface area contributed by atoms with Gasteiger partial charge in [-0.25, -0.2) is 4.79 Å². The Hall–Kier alpha value is -1.53. The van der Waals surface area contributed by atoms with Crippen molar-refractivity contribution >= 4 is 45.5 Å². The van der Waals surface area contributed by atoms with Crippen LogP contribution in [0.3, 0.4) is 0 Å². The molecule has 3 amide bonds. The van der Waals surface area contributed by atoms with Gasteiger partial charge in [-0.3, -0.25) is 9.69 Å². The standard InChI is InChI=1S/C13H12BrClN2O3/c1-2-3-17-12(19)10(16-13(17)20)6-7-4-8(14)11(18)9(15)5-7/h4-6,18H,2-3H2,1H3,(H,16,20)/b10-6+. The summed E-state index contributed by atoms with van der Waals surface area (Å²) in [5.41, 5.74) is 0.791. The maximum atomic E-state index is 12.0. The average Bonchev–Trinajstić information content (AvgIpc) is 2.64. The molecule has 5 nitrogen and oxygen atoms in total. The van der Waals surface area contributed by atoms with E-state index < -0.39 is 6.03 Å². The Kier molecular flexibility index (Phi) is 4.35. The van der Waals surface area contributed by atoms with E-state index in [1.54, 1.807) is 6.07 Å². The molecule has 1 fully saturated rings. The first kappa shape index (κ1) is 14.9. The number of urea groups is 1. The summed E-state index contributed by atoms with van der Waals surface area (Å²) in [6.45, 7) is 2.27. The van der Waals surface area contributed by atoms with Crippen molar-refractivity contribution in [1.29, 1.82) is 0 Å². The van der Waals surface area contributed by atoms with Crippen molar-refractivity contribution in [3.8, 4) is 5.75 Å². The van der Waals surface area contributed by atoms with Crippen molar-refractivity contribution < 1.29 is 14.7 Å². The first-order valence-corrected chi connectivity index (χ1v) is 7.13. The van der Waals surface area contributed by atoms with E-state index in [-0.39, 0.29) is 22.4 Å². The molecule has 0 spiro atoms. The third-order valence-corrected chi connectivity index (χ3v) is 3.65. The van der Waals surface area contributed by atoms with E-state index in [9.17, 15) is 14.7 Å². The molecule has 1 saturated heterocycles. The lowest BCUT2D eigenvalue weighted by atomic mass is 10.2. The van der Waals surface area contributed by atoms with E-state index in [4.69, 9.17) is 11.6 Å². The summed E-state index contributed by atoms with van der Waals surface area (Å²) < 4.78 is 0.416. The summed E-state index contributed by atoms with van der Waals surface area (Å²) in [7, 11) is 0. The van der Waals surface area contributed by atoms with Crippen LogP contribution in [0.1, 0.15) is 18.9 Å². The van der Waals surface area contributed by atoms with E-state index in [2.05, 4.69) is 21.2 Å². The number of nitrogens with one attached hydrogen (secondary N) is 1. The molecule has 20 heavy (non-hydrogen) atoms. The van der Waals surface area contributed by atoms with Crippen molar-refractivity contribution in [2.24, 2.45) is 0 Å². The number of phenolic OH excluding ortho intramolecular Hbond substituents is 1. The lowest BCUT2D eigenvalue weighted by Gasteiger charge is -2.08. The number of aromatic hydroxyl groups is 1. The molecular weight excluding hydrogens is 348 g/mol. The zero-order valence-electron chi connectivity index (χ0n) is 10.6. The van der Waals surface area contributed by atoms with Crippen LogP contribution in [0.4, 0.5) is 4.79 Å². The van der Waals surface area contributed by atoms with E-state index in [1.807, 2.05) is 6.92 Å².